The highest BCUT2D eigenvalue weighted by atomic mass is 16.5. The minimum atomic E-state index is 0.128. The molecule has 3 rings (SSSR count). The fraction of sp³-hybridized carbons (Fsp3) is 1.00. The van der Waals surface area contributed by atoms with Crippen molar-refractivity contribution >= 4 is 0 Å². The second-order valence-corrected chi connectivity index (χ2v) is 7.07. The van der Waals surface area contributed by atoms with Crippen LogP contribution in [0.25, 0.3) is 0 Å². The molecule has 1 unspecified atom stereocenters. The molecule has 0 radical (unpaired) electrons. The van der Waals surface area contributed by atoms with E-state index in [2.05, 4.69) is 17.1 Å². The average molecular weight is 296 g/mol. The molecule has 122 valence electrons. The van der Waals surface area contributed by atoms with Crippen molar-refractivity contribution in [3.8, 4) is 0 Å². The third kappa shape index (κ3) is 3.98. The Morgan fingerprint density at radius 3 is 2.57 bits per heavy atom. The summed E-state index contributed by atoms with van der Waals surface area (Å²) in [4.78, 5) is 2.75. The third-order valence-corrected chi connectivity index (χ3v) is 5.74. The molecule has 21 heavy (non-hydrogen) atoms. The molecular formula is C17H32N2O2. The van der Waals surface area contributed by atoms with E-state index in [4.69, 9.17) is 9.47 Å². The van der Waals surface area contributed by atoms with Crippen LogP contribution in [0.5, 0.6) is 0 Å². The lowest BCUT2D eigenvalue weighted by molar-refractivity contribution is -0.152. The lowest BCUT2D eigenvalue weighted by Gasteiger charge is -2.47. The van der Waals surface area contributed by atoms with Gasteiger partial charge < -0.3 is 19.7 Å². The maximum absolute atomic E-state index is 6.20. The van der Waals surface area contributed by atoms with Gasteiger partial charge in [0.2, 0.25) is 0 Å². The number of nitrogens with one attached hydrogen (secondary N) is 1. The summed E-state index contributed by atoms with van der Waals surface area (Å²) >= 11 is 0. The Balaban J connectivity index is 1.57. The van der Waals surface area contributed by atoms with Crippen LogP contribution in [-0.2, 0) is 9.47 Å². The van der Waals surface area contributed by atoms with E-state index in [1.54, 1.807) is 0 Å². The quantitative estimate of drug-likeness (QED) is 0.861. The molecule has 1 spiro atoms. The Morgan fingerprint density at radius 1 is 1.10 bits per heavy atom. The van der Waals surface area contributed by atoms with Gasteiger partial charge in [0.15, 0.2) is 0 Å². The van der Waals surface area contributed by atoms with Crippen molar-refractivity contribution in [3.05, 3.63) is 0 Å². The van der Waals surface area contributed by atoms with Gasteiger partial charge in [0.25, 0.3) is 0 Å². The van der Waals surface area contributed by atoms with Gasteiger partial charge in [-0.3, -0.25) is 0 Å². The Kier molecular flexibility index (Phi) is 5.54. The van der Waals surface area contributed by atoms with Crippen molar-refractivity contribution in [3.63, 3.8) is 0 Å². The highest BCUT2D eigenvalue weighted by Gasteiger charge is 2.40. The van der Waals surface area contributed by atoms with E-state index < -0.39 is 0 Å². The van der Waals surface area contributed by atoms with E-state index in [1.165, 1.54) is 51.9 Å². The molecule has 0 saturated carbocycles. The first-order chi connectivity index (χ1) is 10.3. The normalized spacial score (nSPS) is 30.9. The highest BCUT2D eigenvalue weighted by molar-refractivity contribution is 4.93. The minimum absolute atomic E-state index is 0.128. The van der Waals surface area contributed by atoms with Crippen LogP contribution in [0, 0.1) is 5.92 Å². The minimum Gasteiger partial charge on any atom is -0.381 e. The second kappa shape index (κ2) is 7.40. The predicted octanol–water partition coefficient (Wildman–Crippen LogP) is 2.04. The van der Waals surface area contributed by atoms with Gasteiger partial charge in [0.05, 0.1) is 5.60 Å². The van der Waals surface area contributed by atoms with Gasteiger partial charge in [0.1, 0.15) is 0 Å². The van der Waals surface area contributed by atoms with Crippen LogP contribution in [0.15, 0.2) is 0 Å². The molecule has 1 atom stereocenters. The second-order valence-electron chi connectivity index (χ2n) is 7.07. The van der Waals surface area contributed by atoms with Crippen molar-refractivity contribution < 1.29 is 9.47 Å². The fourth-order valence-electron chi connectivity index (χ4n) is 4.34. The lowest BCUT2D eigenvalue weighted by atomic mass is 9.83. The number of rotatable bonds is 4. The summed E-state index contributed by atoms with van der Waals surface area (Å²) < 4.78 is 11.7. The zero-order valence-corrected chi connectivity index (χ0v) is 13.6. The summed E-state index contributed by atoms with van der Waals surface area (Å²) in [6.07, 6.45) is 7.30. The average Bonchev–Trinajstić information content (AvgIpc) is 2.54. The molecule has 3 saturated heterocycles. The number of hydrogen-bond donors (Lipinski definition) is 1. The fourth-order valence-corrected chi connectivity index (χ4v) is 4.34. The molecule has 3 aliphatic heterocycles. The smallest absolute Gasteiger partial charge is 0.0741 e. The Hall–Kier alpha value is -0.160. The van der Waals surface area contributed by atoms with Crippen LogP contribution in [-0.4, -0.2) is 62.5 Å². The molecule has 3 fully saturated rings. The van der Waals surface area contributed by atoms with E-state index in [0.29, 0.717) is 0 Å². The highest BCUT2D eigenvalue weighted by Crippen LogP contribution is 2.36. The zero-order valence-electron chi connectivity index (χ0n) is 13.6. The number of hydrogen-bond acceptors (Lipinski definition) is 4. The summed E-state index contributed by atoms with van der Waals surface area (Å²) in [5.41, 5.74) is 0.128. The van der Waals surface area contributed by atoms with Gasteiger partial charge in [-0.15, -0.1) is 0 Å². The molecule has 3 aliphatic rings. The Labute approximate surface area is 129 Å². The van der Waals surface area contributed by atoms with Crippen LogP contribution in [0.1, 0.15) is 45.4 Å². The molecule has 0 aromatic rings. The molecule has 0 bridgehead atoms. The van der Waals surface area contributed by atoms with Gasteiger partial charge in [0, 0.05) is 32.4 Å². The molecule has 0 aliphatic carbocycles. The van der Waals surface area contributed by atoms with Gasteiger partial charge in [-0.1, -0.05) is 6.92 Å². The SMILES string of the molecule is CCN(CC1CCNCC1)C1CCOC2(CCOCC2)C1. The van der Waals surface area contributed by atoms with Crippen LogP contribution in [0.2, 0.25) is 0 Å². The standard InChI is InChI=1S/C17H32N2O2/c1-2-19(14-15-3-8-18-9-4-15)16-5-10-21-17(13-16)6-11-20-12-7-17/h15-16,18H,2-14H2,1H3. The first-order valence-corrected chi connectivity index (χ1v) is 8.98. The molecule has 3 heterocycles. The number of nitrogens with zero attached hydrogens (tertiary/aromatic N) is 1. The summed E-state index contributed by atoms with van der Waals surface area (Å²) in [6.45, 7) is 9.91. The van der Waals surface area contributed by atoms with E-state index in [1.807, 2.05) is 0 Å². The maximum Gasteiger partial charge on any atom is 0.0741 e. The molecule has 0 aromatic carbocycles. The lowest BCUT2D eigenvalue weighted by Crippen LogP contribution is -2.52. The van der Waals surface area contributed by atoms with Crippen molar-refractivity contribution in [2.75, 3.05) is 46.0 Å². The van der Waals surface area contributed by atoms with Crippen molar-refractivity contribution in [1.82, 2.24) is 10.2 Å². The molecule has 0 amide bonds. The summed E-state index contributed by atoms with van der Waals surface area (Å²) in [5, 5.41) is 3.48. The third-order valence-electron chi connectivity index (χ3n) is 5.74. The van der Waals surface area contributed by atoms with Gasteiger partial charge in [-0.05, 0) is 64.1 Å². The van der Waals surface area contributed by atoms with Crippen molar-refractivity contribution in [1.29, 1.82) is 0 Å². The Morgan fingerprint density at radius 2 is 1.86 bits per heavy atom. The van der Waals surface area contributed by atoms with E-state index in [9.17, 15) is 0 Å². The van der Waals surface area contributed by atoms with E-state index >= 15 is 0 Å². The summed E-state index contributed by atoms with van der Waals surface area (Å²) in [6, 6.07) is 0.719. The first kappa shape index (κ1) is 15.7. The van der Waals surface area contributed by atoms with E-state index in [0.717, 1.165) is 44.6 Å². The number of ether oxygens (including phenoxy) is 2. The molecule has 1 N–H and O–H groups in total. The number of piperidine rings is 1. The predicted molar refractivity (Wildman–Crippen MR) is 84.6 cm³/mol. The monoisotopic (exact) mass is 296 g/mol. The summed E-state index contributed by atoms with van der Waals surface area (Å²) in [5.74, 6) is 0.889. The maximum atomic E-state index is 6.20. The molecule has 0 aromatic heterocycles. The molecule has 4 nitrogen and oxygen atoms in total. The van der Waals surface area contributed by atoms with Crippen LogP contribution >= 0.6 is 0 Å². The van der Waals surface area contributed by atoms with Crippen molar-refractivity contribution in [2.45, 2.75) is 57.1 Å². The first-order valence-electron chi connectivity index (χ1n) is 8.98. The van der Waals surface area contributed by atoms with Gasteiger partial charge in [-0.25, -0.2) is 0 Å². The van der Waals surface area contributed by atoms with Crippen molar-refractivity contribution in [2.24, 2.45) is 5.92 Å². The molecular weight excluding hydrogens is 264 g/mol. The molecule has 4 heteroatoms. The van der Waals surface area contributed by atoms with Gasteiger partial charge >= 0.3 is 0 Å². The summed E-state index contributed by atoms with van der Waals surface area (Å²) in [7, 11) is 0. The van der Waals surface area contributed by atoms with Gasteiger partial charge in [-0.2, -0.15) is 0 Å². The van der Waals surface area contributed by atoms with Crippen LogP contribution in [0.3, 0.4) is 0 Å². The largest absolute Gasteiger partial charge is 0.381 e. The van der Waals surface area contributed by atoms with E-state index in [-0.39, 0.29) is 5.60 Å². The topological polar surface area (TPSA) is 33.7 Å². The zero-order chi connectivity index (χ0) is 14.5. The van der Waals surface area contributed by atoms with Crippen LogP contribution in [0.4, 0.5) is 0 Å². The Bertz CT molecular complexity index is 306. The van der Waals surface area contributed by atoms with Crippen LogP contribution < -0.4 is 5.32 Å².